The molecule has 0 unspecified atom stereocenters. The molecule has 0 saturated carbocycles. The minimum absolute atomic E-state index is 0.0134. The van der Waals surface area contributed by atoms with Crippen LogP contribution in [0, 0.1) is 13.5 Å². The predicted octanol–water partition coefficient (Wildman–Crippen LogP) is -0.273. The zero-order valence-electron chi connectivity index (χ0n) is 9.14. The lowest BCUT2D eigenvalue weighted by atomic mass is 10.2. The van der Waals surface area contributed by atoms with Gasteiger partial charge in [-0.2, -0.15) is 0 Å². The number of nitrogens with zero attached hydrogens (tertiary/aromatic N) is 2. The molecule has 0 bridgehead atoms. The second kappa shape index (κ2) is 4.49. The maximum absolute atomic E-state index is 11.7. The first-order chi connectivity index (χ1) is 7.88. The Balaban J connectivity index is 3.61. The highest BCUT2D eigenvalue weighted by Gasteiger charge is 2.12. The summed E-state index contributed by atoms with van der Waals surface area (Å²) in [6.45, 7) is 8.13. The van der Waals surface area contributed by atoms with Gasteiger partial charge in [-0.25, -0.2) is 9.64 Å². The number of carboxylic acids is 1. The molecule has 7 heteroatoms. The van der Waals surface area contributed by atoms with E-state index in [4.69, 9.17) is 11.7 Å². The fraction of sp³-hybridized carbons (Fsp3) is 0.200. The molecule has 7 nitrogen and oxygen atoms in total. The third kappa shape index (κ3) is 2.31. The summed E-state index contributed by atoms with van der Waals surface area (Å²) < 4.78 is 0.808. The van der Waals surface area contributed by atoms with E-state index >= 15 is 0 Å². The Hall–Kier alpha value is -2.62. The molecular weight excluding hydrogens is 226 g/mol. The van der Waals surface area contributed by atoms with Crippen molar-refractivity contribution in [3.8, 4) is 0 Å². The molecule has 0 aromatic carbocycles. The zero-order chi connectivity index (χ0) is 13.2. The van der Waals surface area contributed by atoms with E-state index in [0.29, 0.717) is 0 Å². The number of H-pyrrole nitrogens is 1. The van der Waals surface area contributed by atoms with E-state index in [-0.39, 0.29) is 11.3 Å². The minimum atomic E-state index is -1.42. The van der Waals surface area contributed by atoms with Crippen molar-refractivity contribution in [2.24, 2.45) is 7.05 Å². The van der Waals surface area contributed by atoms with Crippen molar-refractivity contribution in [1.29, 1.82) is 0 Å². The van der Waals surface area contributed by atoms with E-state index in [9.17, 15) is 14.4 Å². The summed E-state index contributed by atoms with van der Waals surface area (Å²) in [6, 6.07) is 0. The Kier molecular flexibility index (Phi) is 3.29. The lowest BCUT2D eigenvalue weighted by Crippen LogP contribution is -2.35. The fourth-order valence-electron chi connectivity index (χ4n) is 1.19. The van der Waals surface area contributed by atoms with Crippen LogP contribution < -0.4 is 11.2 Å². The van der Waals surface area contributed by atoms with Crippen LogP contribution in [0.15, 0.2) is 15.3 Å². The molecule has 0 atom stereocenters. The van der Waals surface area contributed by atoms with Crippen LogP contribution in [0.2, 0.25) is 0 Å². The molecule has 17 heavy (non-hydrogen) atoms. The topological polar surface area (TPSA) is 96.5 Å². The second-order valence-electron chi connectivity index (χ2n) is 3.28. The number of aromatic nitrogens is 2. The molecule has 0 amide bonds. The van der Waals surface area contributed by atoms with Crippen LogP contribution in [0.3, 0.4) is 0 Å². The molecule has 1 heterocycles. The first kappa shape index (κ1) is 12.4. The van der Waals surface area contributed by atoms with E-state index in [1.54, 1.807) is 0 Å². The van der Waals surface area contributed by atoms with Crippen LogP contribution in [0.1, 0.15) is 11.3 Å². The van der Waals surface area contributed by atoms with Gasteiger partial charge in [-0.3, -0.25) is 14.2 Å². The van der Waals surface area contributed by atoms with Crippen molar-refractivity contribution in [1.82, 2.24) is 9.55 Å². The van der Waals surface area contributed by atoms with Crippen molar-refractivity contribution in [3.63, 3.8) is 0 Å². The minimum Gasteiger partial charge on any atom is -0.486 e. The van der Waals surface area contributed by atoms with Gasteiger partial charge >= 0.3 is 11.7 Å². The first-order valence-electron chi connectivity index (χ1n) is 4.50. The van der Waals surface area contributed by atoms with Crippen molar-refractivity contribution in [2.45, 2.75) is 6.92 Å². The Bertz CT molecular complexity index is 658. The van der Waals surface area contributed by atoms with Crippen molar-refractivity contribution in [2.75, 3.05) is 0 Å². The van der Waals surface area contributed by atoms with Crippen LogP contribution in [-0.4, -0.2) is 20.6 Å². The SMILES string of the molecule is [C-]#[N+]/C(=C\c1c(C)[nH]c(=O)n(C)c1=O)C(=O)O. The Morgan fingerprint density at radius 2 is 2.12 bits per heavy atom. The summed E-state index contributed by atoms with van der Waals surface area (Å²) in [5, 5.41) is 8.68. The molecule has 2 N–H and O–H groups in total. The molecule has 0 saturated heterocycles. The van der Waals surface area contributed by atoms with Gasteiger partial charge in [-0.1, -0.05) is 0 Å². The van der Waals surface area contributed by atoms with Crippen LogP contribution in [0.25, 0.3) is 10.9 Å². The van der Waals surface area contributed by atoms with Gasteiger partial charge in [0.15, 0.2) is 0 Å². The molecule has 0 aliphatic carbocycles. The van der Waals surface area contributed by atoms with Crippen LogP contribution in [-0.2, 0) is 11.8 Å². The van der Waals surface area contributed by atoms with Gasteiger partial charge in [0.25, 0.3) is 11.3 Å². The molecule has 1 aromatic rings. The van der Waals surface area contributed by atoms with E-state index < -0.39 is 22.9 Å². The van der Waals surface area contributed by atoms with E-state index in [1.807, 2.05) is 0 Å². The number of aliphatic carboxylic acids is 1. The summed E-state index contributed by atoms with van der Waals surface area (Å²) >= 11 is 0. The van der Waals surface area contributed by atoms with Gasteiger partial charge in [-0.05, 0) is 13.0 Å². The number of aryl methyl sites for hydroxylation is 1. The summed E-state index contributed by atoms with van der Waals surface area (Å²) in [7, 11) is 1.26. The highest BCUT2D eigenvalue weighted by molar-refractivity contribution is 5.94. The highest BCUT2D eigenvalue weighted by atomic mass is 16.4. The van der Waals surface area contributed by atoms with E-state index in [2.05, 4.69) is 9.83 Å². The number of aromatic amines is 1. The van der Waals surface area contributed by atoms with Gasteiger partial charge in [0.1, 0.15) is 0 Å². The Morgan fingerprint density at radius 1 is 1.53 bits per heavy atom. The number of hydrogen-bond acceptors (Lipinski definition) is 3. The average Bonchev–Trinajstić information content (AvgIpc) is 2.26. The summed E-state index contributed by atoms with van der Waals surface area (Å²) in [5.74, 6) is -1.42. The van der Waals surface area contributed by atoms with Gasteiger partial charge in [0, 0.05) is 18.3 Å². The second-order valence-corrected chi connectivity index (χ2v) is 3.28. The highest BCUT2D eigenvalue weighted by Crippen LogP contribution is 2.06. The van der Waals surface area contributed by atoms with Crippen molar-refractivity contribution >= 4 is 12.0 Å². The molecular formula is C10H9N3O4. The Morgan fingerprint density at radius 3 is 2.59 bits per heavy atom. The maximum Gasteiger partial charge on any atom is 0.333 e. The largest absolute Gasteiger partial charge is 0.486 e. The summed E-state index contributed by atoms with van der Waals surface area (Å²) in [6.07, 6.45) is 0.947. The average molecular weight is 235 g/mol. The predicted molar refractivity (Wildman–Crippen MR) is 59.3 cm³/mol. The number of carboxylic acid groups (broad SMARTS) is 1. The molecule has 0 aliphatic heterocycles. The maximum atomic E-state index is 11.7. The molecule has 0 spiro atoms. The quantitative estimate of drug-likeness (QED) is 0.544. The molecule has 1 rings (SSSR count). The van der Waals surface area contributed by atoms with Gasteiger partial charge in [0.05, 0.1) is 6.57 Å². The third-order valence-electron chi connectivity index (χ3n) is 2.16. The number of hydrogen-bond donors (Lipinski definition) is 2. The van der Waals surface area contributed by atoms with Crippen LogP contribution >= 0.6 is 0 Å². The number of carbonyl (C=O) groups is 1. The van der Waals surface area contributed by atoms with Crippen molar-refractivity contribution < 1.29 is 9.90 Å². The normalized spacial score (nSPS) is 11.0. The van der Waals surface area contributed by atoms with Gasteiger partial charge in [0.2, 0.25) is 0 Å². The molecule has 0 radical (unpaired) electrons. The first-order valence-corrected chi connectivity index (χ1v) is 4.50. The molecule has 1 aromatic heterocycles. The van der Waals surface area contributed by atoms with Gasteiger partial charge in [-0.15, -0.1) is 0 Å². The van der Waals surface area contributed by atoms with Crippen LogP contribution in [0.4, 0.5) is 0 Å². The van der Waals surface area contributed by atoms with E-state index in [0.717, 1.165) is 10.6 Å². The summed E-state index contributed by atoms with van der Waals surface area (Å²) in [5.41, 5.74) is -1.61. The monoisotopic (exact) mass is 235 g/mol. The smallest absolute Gasteiger partial charge is 0.333 e. The molecule has 88 valence electrons. The third-order valence-corrected chi connectivity index (χ3v) is 2.16. The van der Waals surface area contributed by atoms with Crippen molar-refractivity contribution in [3.05, 3.63) is 49.2 Å². The number of nitrogens with one attached hydrogen (secondary N) is 1. The summed E-state index contributed by atoms with van der Waals surface area (Å²) in [4.78, 5) is 38.7. The zero-order valence-corrected chi connectivity index (χ0v) is 9.14. The molecule has 0 fully saturated rings. The lowest BCUT2D eigenvalue weighted by Gasteiger charge is -2.02. The van der Waals surface area contributed by atoms with Crippen LogP contribution in [0.5, 0.6) is 0 Å². The van der Waals surface area contributed by atoms with Gasteiger partial charge < -0.3 is 10.1 Å². The molecule has 0 aliphatic rings. The fourth-order valence-corrected chi connectivity index (χ4v) is 1.19. The number of rotatable bonds is 2. The van der Waals surface area contributed by atoms with E-state index in [1.165, 1.54) is 14.0 Å². The standard InChI is InChI=1S/C10H9N3O4/c1-5-6(4-7(11-2)9(15)16)8(14)13(3)10(17)12-5/h4H,1,3H3,(H,12,17)(H,15,16)/b7-4-. The lowest BCUT2D eigenvalue weighted by molar-refractivity contribution is -0.132. The Labute approximate surface area is 95.5 Å².